The van der Waals surface area contributed by atoms with E-state index in [0.29, 0.717) is 16.9 Å². The van der Waals surface area contributed by atoms with Crippen LogP contribution in [0.4, 0.5) is 17.1 Å². The van der Waals surface area contributed by atoms with Gasteiger partial charge in [-0.25, -0.2) is 0 Å². The Labute approximate surface area is 132 Å². The number of non-ortho nitro benzene ring substituents is 1. The van der Waals surface area contributed by atoms with E-state index in [0.717, 1.165) is 0 Å². The number of nitro benzene ring substituents is 1. The number of ketones is 1. The van der Waals surface area contributed by atoms with E-state index in [-0.39, 0.29) is 23.9 Å². The number of Topliss-reactive ketones (excluding diaryl/α,β-unsaturated/α-hetero) is 1. The second kappa shape index (κ2) is 7.17. The van der Waals surface area contributed by atoms with Crippen LogP contribution < -0.4 is 10.6 Å². The van der Waals surface area contributed by atoms with Crippen LogP contribution in [0, 0.1) is 10.1 Å². The zero-order valence-electron chi connectivity index (χ0n) is 12.4. The second-order valence-electron chi connectivity index (χ2n) is 4.81. The van der Waals surface area contributed by atoms with Gasteiger partial charge in [-0.15, -0.1) is 0 Å². The third-order valence-electron chi connectivity index (χ3n) is 3.09. The normalized spacial score (nSPS) is 9.96. The number of hydrogen-bond acceptors (Lipinski definition) is 5. The van der Waals surface area contributed by atoms with Gasteiger partial charge in [-0.05, 0) is 25.1 Å². The molecule has 0 aliphatic heterocycles. The Morgan fingerprint density at radius 2 is 1.87 bits per heavy atom. The van der Waals surface area contributed by atoms with Gasteiger partial charge >= 0.3 is 0 Å². The SMILES string of the molecule is CC(=O)c1ccccc1NCC(=O)Nc1cccc([N+](=O)[O-])c1. The van der Waals surface area contributed by atoms with Crippen molar-refractivity contribution in [1.82, 2.24) is 0 Å². The van der Waals surface area contributed by atoms with Crippen LogP contribution in [0.15, 0.2) is 48.5 Å². The highest BCUT2D eigenvalue weighted by Gasteiger charge is 2.10. The summed E-state index contributed by atoms with van der Waals surface area (Å²) < 4.78 is 0. The lowest BCUT2D eigenvalue weighted by Crippen LogP contribution is -2.22. The van der Waals surface area contributed by atoms with Crippen LogP contribution >= 0.6 is 0 Å². The number of amides is 1. The van der Waals surface area contributed by atoms with Gasteiger partial charge in [0.05, 0.1) is 11.5 Å². The molecule has 0 aromatic heterocycles. The van der Waals surface area contributed by atoms with Gasteiger partial charge in [-0.3, -0.25) is 19.7 Å². The molecular weight excluding hydrogens is 298 g/mol. The van der Waals surface area contributed by atoms with Crippen LogP contribution in [0.1, 0.15) is 17.3 Å². The average Bonchev–Trinajstić information content (AvgIpc) is 2.53. The van der Waals surface area contributed by atoms with E-state index < -0.39 is 4.92 Å². The lowest BCUT2D eigenvalue weighted by molar-refractivity contribution is -0.384. The molecule has 23 heavy (non-hydrogen) atoms. The summed E-state index contributed by atoms with van der Waals surface area (Å²) >= 11 is 0. The van der Waals surface area contributed by atoms with Gasteiger partial charge < -0.3 is 10.6 Å². The molecule has 7 heteroatoms. The highest BCUT2D eigenvalue weighted by atomic mass is 16.6. The maximum atomic E-state index is 11.9. The number of rotatable bonds is 6. The summed E-state index contributed by atoms with van der Waals surface area (Å²) in [6.45, 7) is 1.39. The summed E-state index contributed by atoms with van der Waals surface area (Å²) in [6, 6.07) is 12.6. The molecule has 0 radical (unpaired) electrons. The quantitative estimate of drug-likeness (QED) is 0.485. The number of carbonyl (C=O) groups is 2. The molecule has 1 amide bonds. The largest absolute Gasteiger partial charge is 0.376 e. The molecule has 0 aliphatic carbocycles. The molecule has 2 aromatic carbocycles. The Bertz CT molecular complexity index is 758. The fourth-order valence-electron chi connectivity index (χ4n) is 2.02. The average molecular weight is 313 g/mol. The zero-order valence-corrected chi connectivity index (χ0v) is 12.4. The van der Waals surface area contributed by atoms with Crippen molar-refractivity contribution in [1.29, 1.82) is 0 Å². The summed E-state index contributed by atoms with van der Waals surface area (Å²) in [5, 5.41) is 16.2. The van der Waals surface area contributed by atoms with Crippen LogP contribution in [-0.2, 0) is 4.79 Å². The summed E-state index contributed by atoms with van der Waals surface area (Å²) in [6.07, 6.45) is 0. The van der Waals surface area contributed by atoms with Gasteiger partial charge in [-0.2, -0.15) is 0 Å². The summed E-state index contributed by atoms with van der Waals surface area (Å²) in [5.74, 6) is -0.476. The van der Waals surface area contributed by atoms with E-state index in [4.69, 9.17) is 0 Å². The molecule has 0 bridgehead atoms. The lowest BCUT2D eigenvalue weighted by Gasteiger charge is -2.10. The molecule has 0 fully saturated rings. The maximum Gasteiger partial charge on any atom is 0.271 e. The summed E-state index contributed by atoms with van der Waals surface area (Å²) in [4.78, 5) is 33.6. The van der Waals surface area contributed by atoms with Crippen LogP contribution in [0.25, 0.3) is 0 Å². The van der Waals surface area contributed by atoms with Crippen LogP contribution in [0.5, 0.6) is 0 Å². The number of hydrogen-bond donors (Lipinski definition) is 2. The fourth-order valence-corrected chi connectivity index (χ4v) is 2.02. The molecule has 0 spiro atoms. The van der Waals surface area contributed by atoms with Crippen molar-refractivity contribution in [3.8, 4) is 0 Å². The van der Waals surface area contributed by atoms with Crippen molar-refractivity contribution >= 4 is 28.8 Å². The van der Waals surface area contributed by atoms with Crippen LogP contribution in [0.3, 0.4) is 0 Å². The van der Waals surface area contributed by atoms with Crippen molar-refractivity contribution in [2.75, 3.05) is 17.2 Å². The maximum absolute atomic E-state index is 11.9. The second-order valence-corrected chi connectivity index (χ2v) is 4.81. The van der Waals surface area contributed by atoms with Gasteiger partial charge in [0, 0.05) is 29.1 Å². The van der Waals surface area contributed by atoms with Crippen molar-refractivity contribution in [2.45, 2.75) is 6.92 Å². The minimum atomic E-state index is -0.531. The van der Waals surface area contributed by atoms with E-state index in [9.17, 15) is 19.7 Å². The first-order valence-electron chi connectivity index (χ1n) is 6.85. The predicted octanol–water partition coefficient (Wildman–Crippen LogP) is 2.85. The molecule has 2 aromatic rings. The highest BCUT2D eigenvalue weighted by Crippen LogP contribution is 2.17. The number of nitrogens with zero attached hydrogens (tertiary/aromatic N) is 1. The Kier molecular flexibility index (Phi) is 5.03. The van der Waals surface area contributed by atoms with E-state index in [1.807, 2.05) is 0 Å². The Morgan fingerprint density at radius 3 is 2.57 bits per heavy atom. The molecular formula is C16H15N3O4. The zero-order chi connectivity index (χ0) is 16.8. The molecule has 2 N–H and O–H groups in total. The first kappa shape index (κ1) is 16.2. The van der Waals surface area contributed by atoms with E-state index >= 15 is 0 Å². The topological polar surface area (TPSA) is 101 Å². The fraction of sp³-hybridized carbons (Fsp3) is 0.125. The molecule has 118 valence electrons. The number of nitrogens with one attached hydrogen (secondary N) is 2. The third kappa shape index (κ3) is 4.37. The molecule has 0 heterocycles. The molecule has 2 rings (SSSR count). The summed E-state index contributed by atoms with van der Waals surface area (Å²) in [5.41, 5.74) is 1.30. The highest BCUT2D eigenvalue weighted by molar-refractivity contribution is 6.00. The number of anilines is 2. The molecule has 0 aliphatic rings. The van der Waals surface area contributed by atoms with Gasteiger partial charge in [0.15, 0.2) is 5.78 Å². The van der Waals surface area contributed by atoms with Crippen molar-refractivity contribution < 1.29 is 14.5 Å². The molecule has 0 saturated carbocycles. The van der Waals surface area contributed by atoms with Crippen LogP contribution in [0.2, 0.25) is 0 Å². The van der Waals surface area contributed by atoms with E-state index in [1.165, 1.54) is 25.1 Å². The predicted molar refractivity (Wildman–Crippen MR) is 86.7 cm³/mol. The number of benzene rings is 2. The van der Waals surface area contributed by atoms with Gasteiger partial charge in [0.2, 0.25) is 5.91 Å². The lowest BCUT2D eigenvalue weighted by atomic mass is 10.1. The standard InChI is InChI=1S/C16H15N3O4/c1-11(20)14-7-2-3-8-15(14)17-10-16(21)18-12-5-4-6-13(9-12)19(22)23/h2-9,17H,10H2,1H3,(H,18,21). The first-order valence-corrected chi connectivity index (χ1v) is 6.85. The van der Waals surface area contributed by atoms with Crippen molar-refractivity contribution in [3.63, 3.8) is 0 Å². The Morgan fingerprint density at radius 1 is 1.13 bits per heavy atom. The van der Waals surface area contributed by atoms with Gasteiger partial charge in [0.1, 0.15) is 0 Å². The summed E-state index contributed by atoms with van der Waals surface area (Å²) in [7, 11) is 0. The third-order valence-corrected chi connectivity index (χ3v) is 3.09. The van der Waals surface area contributed by atoms with Crippen molar-refractivity contribution in [2.24, 2.45) is 0 Å². The van der Waals surface area contributed by atoms with Crippen molar-refractivity contribution in [3.05, 3.63) is 64.2 Å². The van der Waals surface area contributed by atoms with Gasteiger partial charge in [-0.1, -0.05) is 18.2 Å². The van der Waals surface area contributed by atoms with Gasteiger partial charge in [0.25, 0.3) is 5.69 Å². The van der Waals surface area contributed by atoms with E-state index in [1.54, 1.807) is 30.3 Å². The molecule has 0 unspecified atom stereocenters. The Balaban J connectivity index is 2.00. The molecule has 0 saturated heterocycles. The monoisotopic (exact) mass is 313 g/mol. The number of nitro groups is 1. The molecule has 7 nitrogen and oxygen atoms in total. The Hall–Kier alpha value is -3.22. The number of para-hydroxylation sites is 1. The van der Waals surface area contributed by atoms with Crippen LogP contribution in [-0.4, -0.2) is 23.2 Å². The minimum absolute atomic E-state index is 0.0625. The number of carbonyl (C=O) groups excluding carboxylic acids is 2. The van der Waals surface area contributed by atoms with E-state index in [2.05, 4.69) is 10.6 Å². The first-order chi connectivity index (χ1) is 11.0. The smallest absolute Gasteiger partial charge is 0.271 e. The molecule has 0 atom stereocenters. The minimum Gasteiger partial charge on any atom is -0.376 e.